The summed E-state index contributed by atoms with van der Waals surface area (Å²) in [5.41, 5.74) is 3.01. The molecule has 2 aromatic heterocycles. The average molecular weight is 491 g/mol. The van der Waals surface area contributed by atoms with Crippen molar-refractivity contribution in [1.29, 1.82) is 5.26 Å². The molecule has 1 aromatic carbocycles. The molecule has 1 saturated heterocycles. The van der Waals surface area contributed by atoms with Gasteiger partial charge in [-0.25, -0.2) is 19.2 Å². The van der Waals surface area contributed by atoms with Crippen LogP contribution in [0.4, 0.5) is 15.1 Å². The number of nitrogens with one attached hydrogen (secondary N) is 2. The van der Waals surface area contributed by atoms with Gasteiger partial charge >= 0.3 is 6.03 Å². The number of urea groups is 1. The Morgan fingerprint density at radius 3 is 2.83 bits per heavy atom. The van der Waals surface area contributed by atoms with Crippen molar-refractivity contribution >= 4 is 12.0 Å². The monoisotopic (exact) mass is 490 g/mol. The summed E-state index contributed by atoms with van der Waals surface area (Å²) >= 11 is 0. The van der Waals surface area contributed by atoms with E-state index < -0.39 is 11.9 Å². The number of hydrogen-bond donors (Lipinski definition) is 2. The van der Waals surface area contributed by atoms with Crippen molar-refractivity contribution in [2.45, 2.75) is 37.9 Å². The van der Waals surface area contributed by atoms with Crippen molar-refractivity contribution in [3.8, 4) is 6.07 Å². The lowest BCUT2D eigenvalue weighted by Gasteiger charge is -2.30. The predicted octanol–water partition coefficient (Wildman–Crippen LogP) is 2.67. The van der Waals surface area contributed by atoms with Crippen LogP contribution in [0, 0.1) is 17.1 Å². The second-order valence-corrected chi connectivity index (χ2v) is 9.05. The van der Waals surface area contributed by atoms with Crippen LogP contribution in [0.15, 0.2) is 36.8 Å². The summed E-state index contributed by atoms with van der Waals surface area (Å²) in [7, 11) is 1.77. The Labute approximate surface area is 208 Å². The zero-order chi connectivity index (χ0) is 25.1. The molecule has 1 atom stereocenters. The quantitative estimate of drug-likeness (QED) is 0.564. The van der Waals surface area contributed by atoms with E-state index in [1.807, 2.05) is 12.3 Å². The summed E-state index contributed by atoms with van der Waals surface area (Å²) in [6, 6.07) is 5.51. The third-order valence-corrected chi connectivity index (χ3v) is 6.56. The van der Waals surface area contributed by atoms with E-state index in [1.165, 1.54) is 12.1 Å². The molecular formula is C25H27FN8O2. The van der Waals surface area contributed by atoms with Crippen molar-refractivity contribution in [2.75, 3.05) is 25.1 Å². The zero-order valence-electron chi connectivity index (χ0n) is 19.9. The fourth-order valence-corrected chi connectivity index (χ4v) is 4.54. The molecule has 0 spiro atoms. The first-order valence-electron chi connectivity index (χ1n) is 11.9. The molecule has 10 nitrogen and oxygen atoms in total. The highest BCUT2D eigenvalue weighted by Gasteiger charge is 2.27. The number of hydrogen-bond acceptors (Lipinski definition) is 7. The number of nitrogens with zero attached hydrogens (tertiary/aromatic N) is 6. The number of amides is 2. The maximum Gasteiger partial charge on any atom is 0.318 e. The SMILES string of the molecule is Cn1cc([C@@H](NC(=O)N2CCc3cnc(NC4CCOCC4)nc3C2)c2ccc(C#N)c(F)c2)cn1. The van der Waals surface area contributed by atoms with E-state index in [4.69, 9.17) is 15.0 Å². The fraction of sp³-hybridized carbons (Fsp3) is 0.400. The summed E-state index contributed by atoms with van der Waals surface area (Å²) in [6.07, 6.45) is 7.68. The molecule has 1 fully saturated rings. The van der Waals surface area contributed by atoms with Crippen LogP contribution in [-0.2, 0) is 24.8 Å². The molecule has 2 N–H and O–H groups in total. The fourth-order valence-electron chi connectivity index (χ4n) is 4.54. The van der Waals surface area contributed by atoms with Gasteiger partial charge in [-0.2, -0.15) is 10.4 Å². The molecule has 2 amide bonds. The lowest BCUT2D eigenvalue weighted by molar-refractivity contribution is 0.0903. The van der Waals surface area contributed by atoms with Crippen molar-refractivity contribution in [2.24, 2.45) is 7.05 Å². The lowest BCUT2D eigenvalue weighted by atomic mass is 10.00. The summed E-state index contributed by atoms with van der Waals surface area (Å²) in [4.78, 5) is 24.2. The van der Waals surface area contributed by atoms with E-state index in [-0.39, 0.29) is 17.6 Å². The van der Waals surface area contributed by atoms with Gasteiger partial charge < -0.3 is 20.3 Å². The smallest absolute Gasteiger partial charge is 0.318 e. The van der Waals surface area contributed by atoms with Crippen LogP contribution < -0.4 is 10.6 Å². The minimum atomic E-state index is -0.633. The minimum Gasteiger partial charge on any atom is -0.381 e. The third kappa shape index (κ3) is 5.13. The number of nitriles is 1. The van der Waals surface area contributed by atoms with Gasteiger partial charge in [0.1, 0.15) is 11.9 Å². The summed E-state index contributed by atoms with van der Waals surface area (Å²) < 4.78 is 21.4. The van der Waals surface area contributed by atoms with Crippen LogP contribution in [0.2, 0.25) is 0 Å². The van der Waals surface area contributed by atoms with Crippen LogP contribution in [-0.4, -0.2) is 56.5 Å². The van der Waals surface area contributed by atoms with Crippen LogP contribution in [0.3, 0.4) is 0 Å². The third-order valence-electron chi connectivity index (χ3n) is 6.56. The van der Waals surface area contributed by atoms with Gasteiger partial charge in [-0.1, -0.05) is 6.07 Å². The maximum atomic E-state index is 14.4. The number of halogens is 1. The highest BCUT2D eigenvalue weighted by Crippen LogP contribution is 2.25. The van der Waals surface area contributed by atoms with E-state index in [2.05, 4.69) is 20.7 Å². The lowest BCUT2D eigenvalue weighted by Crippen LogP contribution is -2.44. The predicted molar refractivity (Wildman–Crippen MR) is 128 cm³/mol. The van der Waals surface area contributed by atoms with Gasteiger partial charge in [-0.15, -0.1) is 0 Å². The van der Waals surface area contributed by atoms with E-state index in [9.17, 15) is 9.18 Å². The van der Waals surface area contributed by atoms with Crippen molar-refractivity contribution in [3.05, 3.63) is 70.6 Å². The Morgan fingerprint density at radius 1 is 1.28 bits per heavy atom. The Hall–Kier alpha value is -4.04. The molecule has 11 heteroatoms. The Morgan fingerprint density at radius 2 is 2.11 bits per heavy atom. The van der Waals surface area contributed by atoms with Gasteiger partial charge in [-0.3, -0.25) is 4.68 Å². The average Bonchev–Trinajstić information content (AvgIpc) is 3.33. The first kappa shape index (κ1) is 23.7. The number of anilines is 1. The molecule has 5 rings (SSSR count). The van der Waals surface area contributed by atoms with Crippen molar-refractivity contribution in [1.82, 2.24) is 30.0 Å². The zero-order valence-corrected chi connectivity index (χ0v) is 19.9. The second-order valence-electron chi connectivity index (χ2n) is 9.05. The van der Waals surface area contributed by atoms with Gasteiger partial charge in [0.05, 0.1) is 30.0 Å². The largest absolute Gasteiger partial charge is 0.381 e. The van der Waals surface area contributed by atoms with Gasteiger partial charge in [-0.05, 0) is 42.5 Å². The number of aryl methyl sites for hydroxylation is 1. The van der Waals surface area contributed by atoms with E-state index in [0.29, 0.717) is 36.6 Å². The van der Waals surface area contributed by atoms with Crippen molar-refractivity contribution < 1.29 is 13.9 Å². The summed E-state index contributed by atoms with van der Waals surface area (Å²) in [5, 5.41) is 19.7. The van der Waals surface area contributed by atoms with Crippen LogP contribution in [0.25, 0.3) is 0 Å². The van der Waals surface area contributed by atoms with E-state index in [1.54, 1.807) is 35.1 Å². The summed E-state index contributed by atoms with van der Waals surface area (Å²) in [5.74, 6) is -0.0736. The topological polar surface area (TPSA) is 121 Å². The molecule has 186 valence electrons. The number of carbonyl (C=O) groups excluding carboxylic acids is 1. The maximum absolute atomic E-state index is 14.4. The second kappa shape index (κ2) is 10.3. The number of fused-ring (bicyclic) bond motifs is 1. The first-order valence-corrected chi connectivity index (χ1v) is 11.9. The molecule has 2 aliphatic heterocycles. The molecule has 36 heavy (non-hydrogen) atoms. The Balaban J connectivity index is 1.33. The molecule has 2 aliphatic rings. The minimum absolute atomic E-state index is 0.0486. The van der Waals surface area contributed by atoms with Gasteiger partial charge in [0.2, 0.25) is 5.95 Å². The molecule has 0 radical (unpaired) electrons. The van der Waals surface area contributed by atoms with Crippen LogP contribution >= 0.6 is 0 Å². The molecule has 3 aromatic rings. The molecule has 0 unspecified atom stereocenters. The van der Waals surface area contributed by atoms with Crippen LogP contribution in [0.1, 0.15) is 46.8 Å². The number of aromatic nitrogens is 4. The highest BCUT2D eigenvalue weighted by atomic mass is 19.1. The molecule has 4 heterocycles. The first-order chi connectivity index (χ1) is 17.5. The van der Waals surface area contributed by atoms with Crippen LogP contribution in [0.5, 0.6) is 0 Å². The number of rotatable bonds is 5. The number of carbonyl (C=O) groups is 1. The molecule has 0 bridgehead atoms. The Bertz CT molecular complexity index is 1300. The van der Waals surface area contributed by atoms with E-state index >= 15 is 0 Å². The standard InChI is InChI=1S/C25H27FN8O2/c1-33-14-19(13-29-33)23(16-2-3-17(11-27)21(26)10-16)32-25(35)34-7-4-18-12-28-24(31-22(18)15-34)30-20-5-8-36-9-6-20/h2-3,10,12-14,20,23H,4-9,15H2,1H3,(H,32,35)(H,28,30,31)/t23-/m0/s1. The molecule has 0 aliphatic carbocycles. The highest BCUT2D eigenvalue weighted by molar-refractivity contribution is 5.75. The van der Waals surface area contributed by atoms with Gasteiger partial charge in [0.25, 0.3) is 0 Å². The number of ether oxygens (including phenoxy) is 1. The van der Waals surface area contributed by atoms with Crippen molar-refractivity contribution in [3.63, 3.8) is 0 Å². The molecule has 0 saturated carbocycles. The Kier molecular flexibility index (Phi) is 6.77. The normalized spacial score (nSPS) is 16.6. The van der Waals surface area contributed by atoms with E-state index in [0.717, 1.165) is 37.3 Å². The molecular weight excluding hydrogens is 463 g/mol. The van der Waals surface area contributed by atoms with Gasteiger partial charge in [0.15, 0.2) is 0 Å². The van der Waals surface area contributed by atoms with Gasteiger partial charge in [0, 0.05) is 50.8 Å². The summed E-state index contributed by atoms with van der Waals surface area (Å²) in [6.45, 7) is 2.29. The number of benzene rings is 1.